The van der Waals surface area contributed by atoms with Gasteiger partial charge in [-0.1, -0.05) is 30.3 Å². The Morgan fingerprint density at radius 1 is 1.08 bits per heavy atom. The molecule has 2 atom stereocenters. The molecule has 118 valence electrons. The number of hydrogen-bond donors (Lipinski definition) is 0. The van der Waals surface area contributed by atoms with Gasteiger partial charge in [-0.15, -0.1) is 16.4 Å². The Morgan fingerprint density at radius 3 is 2.92 bits per heavy atom. The number of benzene rings is 1. The normalized spacial score (nSPS) is 22.3. The van der Waals surface area contributed by atoms with Crippen LogP contribution in [0.15, 0.2) is 36.7 Å². The quantitative estimate of drug-likeness (QED) is 0.555. The summed E-state index contributed by atoms with van der Waals surface area (Å²) >= 11 is 1.84. The Labute approximate surface area is 143 Å². The minimum Gasteiger partial charge on any atom is -0.225 e. The highest BCUT2D eigenvalue weighted by Gasteiger charge is 2.42. The maximum atomic E-state index is 4.95. The first-order chi connectivity index (χ1) is 11.9. The van der Waals surface area contributed by atoms with Crippen molar-refractivity contribution in [3.63, 3.8) is 0 Å². The molecule has 1 saturated carbocycles. The highest BCUT2D eigenvalue weighted by atomic mass is 32.1. The molecule has 3 aromatic heterocycles. The van der Waals surface area contributed by atoms with Crippen LogP contribution in [0.2, 0.25) is 0 Å². The fourth-order valence-corrected chi connectivity index (χ4v) is 5.34. The number of aromatic nitrogens is 4. The van der Waals surface area contributed by atoms with E-state index in [9.17, 15) is 0 Å². The van der Waals surface area contributed by atoms with E-state index in [0.29, 0.717) is 11.8 Å². The average molecular weight is 332 g/mol. The summed E-state index contributed by atoms with van der Waals surface area (Å²) < 4.78 is 1.89. The number of hydrogen-bond acceptors (Lipinski definition) is 4. The van der Waals surface area contributed by atoms with Gasteiger partial charge in [-0.2, -0.15) is 0 Å². The highest BCUT2D eigenvalue weighted by molar-refractivity contribution is 7.19. The van der Waals surface area contributed by atoms with E-state index in [-0.39, 0.29) is 0 Å². The van der Waals surface area contributed by atoms with E-state index < -0.39 is 0 Å². The van der Waals surface area contributed by atoms with Crippen LogP contribution in [0.1, 0.15) is 46.5 Å². The third-order valence-corrected chi connectivity index (χ3v) is 6.61. The first kappa shape index (κ1) is 13.1. The van der Waals surface area contributed by atoms with Gasteiger partial charge in [-0.3, -0.25) is 0 Å². The van der Waals surface area contributed by atoms with Gasteiger partial charge in [0.2, 0.25) is 0 Å². The second kappa shape index (κ2) is 4.63. The van der Waals surface area contributed by atoms with Crippen molar-refractivity contribution in [1.82, 2.24) is 19.6 Å². The predicted molar refractivity (Wildman–Crippen MR) is 94.7 cm³/mol. The summed E-state index contributed by atoms with van der Waals surface area (Å²) in [4.78, 5) is 12.2. The smallest absolute Gasteiger partial charge is 0.167 e. The van der Waals surface area contributed by atoms with E-state index >= 15 is 0 Å². The van der Waals surface area contributed by atoms with E-state index in [1.165, 1.54) is 34.2 Å². The Hall–Kier alpha value is -2.27. The van der Waals surface area contributed by atoms with Crippen molar-refractivity contribution in [1.29, 1.82) is 0 Å². The Bertz CT molecular complexity index is 1080. The standard InChI is InChI=1S/C19H16N4S/c1-2-5-11(6-3-1)13-9-14(13)17-21-18-16-12-7-4-8-15(12)24-19(16)20-10-23(18)22-17/h1-3,5-6,10,13-14H,4,7-9H2/t13-,14-/m1/s1. The lowest BCUT2D eigenvalue weighted by atomic mass is 10.1. The first-order valence-corrected chi connectivity index (χ1v) is 9.40. The fraction of sp³-hybridized carbons (Fsp3) is 0.316. The van der Waals surface area contributed by atoms with Gasteiger partial charge < -0.3 is 0 Å². The van der Waals surface area contributed by atoms with Crippen LogP contribution >= 0.6 is 11.3 Å². The van der Waals surface area contributed by atoms with Gasteiger partial charge in [-0.05, 0) is 42.7 Å². The number of rotatable bonds is 2. The van der Waals surface area contributed by atoms with Gasteiger partial charge in [0.05, 0.1) is 5.39 Å². The summed E-state index contributed by atoms with van der Waals surface area (Å²) in [6, 6.07) is 10.7. The second-order valence-electron chi connectivity index (χ2n) is 6.88. The second-order valence-corrected chi connectivity index (χ2v) is 7.96. The van der Waals surface area contributed by atoms with Crippen LogP contribution in [-0.2, 0) is 12.8 Å². The average Bonchev–Trinajstić information content (AvgIpc) is 2.93. The van der Waals surface area contributed by atoms with Crippen LogP contribution in [-0.4, -0.2) is 19.6 Å². The van der Waals surface area contributed by atoms with E-state index in [4.69, 9.17) is 10.1 Å². The largest absolute Gasteiger partial charge is 0.225 e. The molecule has 0 radical (unpaired) electrons. The molecule has 2 aliphatic rings. The molecule has 0 amide bonds. The van der Waals surface area contributed by atoms with Crippen molar-refractivity contribution >= 4 is 27.2 Å². The first-order valence-electron chi connectivity index (χ1n) is 8.59. The molecule has 4 aromatic rings. The number of aryl methyl sites for hydroxylation is 2. The summed E-state index contributed by atoms with van der Waals surface area (Å²) in [6.07, 6.45) is 6.61. The van der Waals surface area contributed by atoms with Crippen molar-refractivity contribution in [2.75, 3.05) is 0 Å². The summed E-state index contributed by atoms with van der Waals surface area (Å²) in [5.41, 5.74) is 3.89. The zero-order chi connectivity index (χ0) is 15.7. The van der Waals surface area contributed by atoms with Crippen LogP contribution in [0.25, 0.3) is 15.9 Å². The molecule has 0 N–H and O–H groups in total. The fourth-order valence-electron chi connectivity index (χ4n) is 4.12. The third-order valence-electron chi connectivity index (χ3n) is 5.41. The lowest BCUT2D eigenvalue weighted by Gasteiger charge is -1.96. The zero-order valence-corrected chi connectivity index (χ0v) is 14.0. The van der Waals surface area contributed by atoms with Gasteiger partial charge in [0, 0.05) is 10.8 Å². The Morgan fingerprint density at radius 2 is 2.00 bits per heavy atom. The third kappa shape index (κ3) is 1.76. The molecule has 2 aliphatic carbocycles. The van der Waals surface area contributed by atoms with Crippen molar-refractivity contribution in [3.05, 3.63) is 58.5 Å². The number of nitrogens with zero attached hydrogens (tertiary/aromatic N) is 4. The van der Waals surface area contributed by atoms with E-state index in [1.54, 1.807) is 0 Å². The van der Waals surface area contributed by atoms with Gasteiger partial charge in [0.25, 0.3) is 0 Å². The summed E-state index contributed by atoms with van der Waals surface area (Å²) in [5.74, 6) is 2.00. The molecular formula is C19H16N4S. The van der Waals surface area contributed by atoms with Crippen LogP contribution in [0.3, 0.4) is 0 Å². The molecule has 6 rings (SSSR count). The molecule has 0 bridgehead atoms. The van der Waals surface area contributed by atoms with E-state index in [0.717, 1.165) is 29.1 Å². The molecule has 1 aromatic carbocycles. The van der Waals surface area contributed by atoms with Crippen molar-refractivity contribution in [2.24, 2.45) is 0 Å². The predicted octanol–water partition coefficient (Wildman–Crippen LogP) is 4.10. The maximum Gasteiger partial charge on any atom is 0.167 e. The van der Waals surface area contributed by atoms with Gasteiger partial charge in [0.15, 0.2) is 11.5 Å². The molecule has 5 heteroatoms. The lowest BCUT2D eigenvalue weighted by Crippen LogP contribution is -1.91. The Balaban J connectivity index is 1.47. The minimum absolute atomic E-state index is 0.453. The maximum absolute atomic E-state index is 4.95. The summed E-state index contributed by atoms with van der Waals surface area (Å²) in [6.45, 7) is 0. The molecule has 0 unspecified atom stereocenters. The molecule has 4 nitrogen and oxygen atoms in total. The number of fused-ring (bicyclic) bond motifs is 5. The van der Waals surface area contributed by atoms with E-state index in [2.05, 4.69) is 35.3 Å². The topological polar surface area (TPSA) is 43.1 Å². The minimum atomic E-state index is 0.453. The molecule has 24 heavy (non-hydrogen) atoms. The molecule has 3 heterocycles. The summed E-state index contributed by atoms with van der Waals surface area (Å²) in [7, 11) is 0. The van der Waals surface area contributed by atoms with Crippen LogP contribution in [0.4, 0.5) is 0 Å². The van der Waals surface area contributed by atoms with Gasteiger partial charge >= 0.3 is 0 Å². The molecule has 0 aliphatic heterocycles. The van der Waals surface area contributed by atoms with Gasteiger partial charge in [-0.25, -0.2) is 14.5 Å². The monoisotopic (exact) mass is 332 g/mol. The van der Waals surface area contributed by atoms with Crippen LogP contribution in [0.5, 0.6) is 0 Å². The van der Waals surface area contributed by atoms with Crippen LogP contribution < -0.4 is 0 Å². The molecule has 1 fully saturated rings. The molecular weight excluding hydrogens is 316 g/mol. The van der Waals surface area contributed by atoms with Gasteiger partial charge in [0.1, 0.15) is 11.2 Å². The zero-order valence-electron chi connectivity index (χ0n) is 13.1. The SMILES string of the molecule is c1ccc([C@H]2C[C@H]2c2nc3c4c5c(sc4ncn3n2)CCC5)cc1. The number of thiophene rings is 1. The van der Waals surface area contributed by atoms with E-state index in [1.807, 2.05) is 22.2 Å². The highest BCUT2D eigenvalue weighted by Crippen LogP contribution is 2.53. The lowest BCUT2D eigenvalue weighted by molar-refractivity contribution is 0.850. The molecule has 0 saturated heterocycles. The molecule has 0 spiro atoms. The van der Waals surface area contributed by atoms with Crippen LogP contribution in [0, 0.1) is 0 Å². The summed E-state index contributed by atoms with van der Waals surface area (Å²) in [5, 5.41) is 6.01. The van der Waals surface area contributed by atoms with Crippen molar-refractivity contribution < 1.29 is 0 Å². The van der Waals surface area contributed by atoms with Crippen molar-refractivity contribution in [2.45, 2.75) is 37.5 Å². The Kier molecular flexibility index (Phi) is 2.52. The van der Waals surface area contributed by atoms with Crippen molar-refractivity contribution in [3.8, 4) is 0 Å².